The zero-order valence-corrected chi connectivity index (χ0v) is 14.5. The standard InChI is InChI=1S/C17H16N4O3S/c1-12-3-5-13(6-4-12)16-11-18-20-21(16)15-9-7-14(8-10-15)17(22)19-25(2,23)24/h3-11H,1-2H3,(H,19,22). The highest BCUT2D eigenvalue weighted by molar-refractivity contribution is 7.89. The molecule has 0 aliphatic heterocycles. The van der Waals surface area contributed by atoms with Crippen molar-refractivity contribution in [3.05, 3.63) is 65.9 Å². The molecule has 0 atom stereocenters. The molecule has 0 saturated heterocycles. The van der Waals surface area contributed by atoms with Gasteiger partial charge in [-0.15, -0.1) is 5.10 Å². The monoisotopic (exact) mass is 356 g/mol. The van der Waals surface area contributed by atoms with Crippen molar-refractivity contribution in [2.75, 3.05) is 6.26 Å². The number of benzene rings is 2. The van der Waals surface area contributed by atoms with Crippen LogP contribution in [0.2, 0.25) is 0 Å². The van der Waals surface area contributed by atoms with Gasteiger partial charge in [0, 0.05) is 11.1 Å². The van der Waals surface area contributed by atoms with Crippen LogP contribution in [0.5, 0.6) is 0 Å². The van der Waals surface area contributed by atoms with Crippen LogP contribution in [0.25, 0.3) is 16.9 Å². The van der Waals surface area contributed by atoms with E-state index in [0.29, 0.717) is 5.69 Å². The molecule has 1 aromatic heterocycles. The van der Waals surface area contributed by atoms with Gasteiger partial charge in [-0.1, -0.05) is 35.0 Å². The normalized spacial score (nSPS) is 11.3. The molecule has 3 aromatic rings. The highest BCUT2D eigenvalue weighted by Gasteiger charge is 2.13. The van der Waals surface area contributed by atoms with Crippen molar-refractivity contribution in [2.45, 2.75) is 6.92 Å². The fraction of sp³-hybridized carbons (Fsp3) is 0.118. The van der Waals surface area contributed by atoms with Gasteiger partial charge in [0.2, 0.25) is 10.0 Å². The zero-order valence-electron chi connectivity index (χ0n) is 13.7. The summed E-state index contributed by atoms with van der Waals surface area (Å²) in [5.74, 6) is -0.675. The third-order valence-corrected chi connectivity index (χ3v) is 4.10. The Hall–Kier alpha value is -3.00. The second kappa shape index (κ2) is 6.48. The summed E-state index contributed by atoms with van der Waals surface area (Å²) in [4.78, 5) is 11.9. The maximum absolute atomic E-state index is 11.9. The Balaban J connectivity index is 1.90. The third kappa shape index (κ3) is 3.92. The molecule has 0 spiro atoms. The van der Waals surface area contributed by atoms with Gasteiger partial charge in [-0.2, -0.15) is 0 Å². The van der Waals surface area contributed by atoms with Crippen molar-refractivity contribution in [1.29, 1.82) is 0 Å². The number of sulfonamides is 1. The topological polar surface area (TPSA) is 93.9 Å². The van der Waals surface area contributed by atoms with Gasteiger partial charge in [0.25, 0.3) is 5.91 Å². The van der Waals surface area contributed by atoms with E-state index in [9.17, 15) is 13.2 Å². The van der Waals surface area contributed by atoms with E-state index in [1.54, 1.807) is 23.0 Å². The van der Waals surface area contributed by atoms with Crippen LogP contribution < -0.4 is 4.72 Å². The van der Waals surface area contributed by atoms with E-state index >= 15 is 0 Å². The summed E-state index contributed by atoms with van der Waals surface area (Å²) in [5, 5.41) is 8.05. The summed E-state index contributed by atoms with van der Waals surface area (Å²) in [6.45, 7) is 2.01. The number of hydrogen-bond donors (Lipinski definition) is 1. The fourth-order valence-electron chi connectivity index (χ4n) is 2.33. The number of nitrogens with one attached hydrogen (secondary N) is 1. The number of rotatable bonds is 4. The number of carbonyl (C=O) groups is 1. The number of aryl methyl sites for hydroxylation is 1. The molecule has 0 bridgehead atoms. The molecule has 8 heteroatoms. The molecule has 0 aliphatic carbocycles. The smallest absolute Gasteiger partial charge is 0.264 e. The number of carbonyl (C=O) groups excluding carboxylic acids is 1. The van der Waals surface area contributed by atoms with Crippen molar-refractivity contribution in [1.82, 2.24) is 19.7 Å². The lowest BCUT2D eigenvalue weighted by atomic mass is 10.1. The Morgan fingerprint density at radius 2 is 1.68 bits per heavy atom. The Morgan fingerprint density at radius 1 is 1.04 bits per heavy atom. The van der Waals surface area contributed by atoms with Gasteiger partial charge in [-0.3, -0.25) is 4.79 Å². The Bertz CT molecular complexity index is 1010. The molecule has 1 N–H and O–H groups in total. The molecule has 128 valence electrons. The van der Waals surface area contributed by atoms with Gasteiger partial charge in [0.15, 0.2) is 0 Å². The molecule has 0 unspecified atom stereocenters. The van der Waals surface area contributed by atoms with E-state index in [0.717, 1.165) is 23.1 Å². The molecule has 0 radical (unpaired) electrons. The SMILES string of the molecule is Cc1ccc(-c2cnnn2-c2ccc(C(=O)NS(C)(=O)=O)cc2)cc1. The molecule has 1 amide bonds. The van der Waals surface area contributed by atoms with E-state index in [4.69, 9.17) is 0 Å². The first-order valence-corrected chi connectivity index (χ1v) is 9.33. The van der Waals surface area contributed by atoms with Crippen LogP contribution in [-0.2, 0) is 10.0 Å². The lowest BCUT2D eigenvalue weighted by Gasteiger charge is -2.08. The molecule has 2 aromatic carbocycles. The number of nitrogens with zero attached hydrogens (tertiary/aromatic N) is 3. The molecular weight excluding hydrogens is 340 g/mol. The van der Waals surface area contributed by atoms with E-state index in [2.05, 4.69) is 10.3 Å². The zero-order chi connectivity index (χ0) is 18.0. The average Bonchev–Trinajstić information content (AvgIpc) is 3.04. The van der Waals surface area contributed by atoms with Gasteiger partial charge in [0.05, 0.1) is 23.8 Å². The minimum Gasteiger partial charge on any atom is -0.268 e. The second-order valence-corrected chi connectivity index (χ2v) is 7.40. The Labute approximate surface area is 145 Å². The molecule has 0 fully saturated rings. The molecule has 25 heavy (non-hydrogen) atoms. The molecule has 3 rings (SSSR count). The van der Waals surface area contributed by atoms with E-state index < -0.39 is 15.9 Å². The van der Waals surface area contributed by atoms with Crippen molar-refractivity contribution in [3.8, 4) is 16.9 Å². The molecule has 0 aliphatic rings. The summed E-state index contributed by atoms with van der Waals surface area (Å²) >= 11 is 0. The van der Waals surface area contributed by atoms with Crippen LogP contribution >= 0.6 is 0 Å². The third-order valence-electron chi connectivity index (χ3n) is 3.55. The second-order valence-electron chi connectivity index (χ2n) is 5.65. The summed E-state index contributed by atoms with van der Waals surface area (Å²) in [7, 11) is -3.60. The molecule has 1 heterocycles. The van der Waals surface area contributed by atoms with Crippen LogP contribution in [0.4, 0.5) is 0 Å². The molecule has 7 nitrogen and oxygen atoms in total. The first-order valence-electron chi connectivity index (χ1n) is 7.44. The van der Waals surface area contributed by atoms with Crippen LogP contribution in [0.1, 0.15) is 15.9 Å². The van der Waals surface area contributed by atoms with Crippen molar-refractivity contribution in [3.63, 3.8) is 0 Å². The Kier molecular flexibility index (Phi) is 4.37. The molecular formula is C17H16N4O3S. The molecule has 0 saturated carbocycles. The number of amides is 1. The highest BCUT2D eigenvalue weighted by Crippen LogP contribution is 2.22. The summed E-state index contributed by atoms with van der Waals surface area (Å²) in [5.41, 5.74) is 3.89. The maximum Gasteiger partial charge on any atom is 0.264 e. The summed E-state index contributed by atoms with van der Waals surface area (Å²) in [6, 6.07) is 14.4. The van der Waals surface area contributed by atoms with Crippen LogP contribution in [0, 0.1) is 6.92 Å². The largest absolute Gasteiger partial charge is 0.268 e. The first-order chi connectivity index (χ1) is 11.8. The highest BCUT2D eigenvalue weighted by atomic mass is 32.2. The predicted octanol–water partition coefficient (Wildman–Crippen LogP) is 1.93. The maximum atomic E-state index is 11.9. The first kappa shape index (κ1) is 16.8. The van der Waals surface area contributed by atoms with Gasteiger partial charge >= 0.3 is 0 Å². The quantitative estimate of drug-likeness (QED) is 0.771. The lowest BCUT2D eigenvalue weighted by Crippen LogP contribution is -2.29. The van der Waals surface area contributed by atoms with Gasteiger partial charge in [-0.25, -0.2) is 17.8 Å². The fourth-order valence-corrected chi connectivity index (χ4v) is 2.78. The number of aromatic nitrogens is 3. The van der Waals surface area contributed by atoms with E-state index in [-0.39, 0.29) is 5.56 Å². The predicted molar refractivity (Wildman–Crippen MR) is 93.8 cm³/mol. The lowest BCUT2D eigenvalue weighted by molar-refractivity contribution is 0.0981. The van der Waals surface area contributed by atoms with E-state index in [1.807, 2.05) is 35.9 Å². The summed E-state index contributed by atoms with van der Waals surface area (Å²) in [6.07, 6.45) is 2.59. The van der Waals surface area contributed by atoms with Crippen LogP contribution in [0.3, 0.4) is 0 Å². The number of hydrogen-bond acceptors (Lipinski definition) is 5. The van der Waals surface area contributed by atoms with Gasteiger partial charge in [-0.05, 0) is 31.2 Å². The van der Waals surface area contributed by atoms with Gasteiger partial charge < -0.3 is 0 Å². The average molecular weight is 356 g/mol. The Morgan fingerprint density at radius 3 is 2.28 bits per heavy atom. The summed E-state index contributed by atoms with van der Waals surface area (Å²) < 4.78 is 25.9. The van der Waals surface area contributed by atoms with Crippen LogP contribution in [-0.4, -0.2) is 35.6 Å². The van der Waals surface area contributed by atoms with Crippen molar-refractivity contribution < 1.29 is 13.2 Å². The van der Waals surface area contributed by atoms with Gasteiger partial charge in [0.1, 0.15) is 0 Å². The van der Waals surface area contributed by atoms with Crippen LogP contribution in [0.15, 0.2) is 54.7 Å². The van der Waals surface area contributed by atoms with Crippen molar-refractivity contribution in [2.24, 2.45) is 0 Å². The minimum absolute atomic E-state index is 0.242. The van der Waals surface area contributed by atoms with E-state index in [1.165, 1.54) is 12.1 Å². The minimum atomic E-state index is -3.60. The van der Waals surface area contributed by atoms with Crippen molar-refractivity contribution >= 4 is 15.9 Å².